The molecular weight excluding hydrogens is 413 g/mol. The molecule has 0 radical (unpaired) electrons. The second kappa shape index (κ2) is 8.00. The van der Waals surface area contributed by atoms with Crippen LogP contribution in [-0.2, 0) is 21.0 Å². The summed E-state index contributed by atoms with van der Waals surface area (Å²) >= 11 is 0.731. The average molecular weight is 434 g/mol. The third kappa shape index (κ3) is 5.04. The molecule has 0 saturated carbocycles. The van der Waals surface area contributed by atoms with Crippen molar-refractivity contribution in [1.29, 1.82) is 0 Å². The normalized spacial score (nSPS) is 12.0. The molecule has 3 aromatic rings. The third-order valence-corrected chi connectivity index (χ3v) is 7.16. The quantitative estimate of drug-likeness (QED) is 0.609. The Bertz CT molecular complexity index is 1130. The smallest absolute Gasteiger partial charge is 0.257 e. The molecule has 0 atom stereocenters. The Morgan fingerprint density at radius 2 is 1.72 bits per heavy atom. The zero-order chi connectivity index (χ0) is 21.2. The van der Waals surface area contributed by atoms with Crippen LogP contribution >= 0.6 is 11.3 Å². The van der Waals surface area contributed by atoms with E-state index in [1.54, 1.807) is 18.2 Å². The Hall–Kier alpha value is -2.65. The number of nitrogens with one attached hydrogen (secondary N) is 1. The minimum absolute atomic E-state index is 0.0320. The van der Waals surface area contributed by atoms with Crippen LogP contribution in [0.3, 0.4) is 0 Å². The molecule has 1 aromatic heterocycles. The summed E-state index contributed by atoms with van der Waals surface area (Å²) in [5.74, 6) is -1.55. The van der Waals surface area contributed by atoms with Crippen LogP contribution in [0.4, 0.5) is 9.52 Å². The Kier molecular flexibility index (Phi) is 5.81. The minimum atomic E-state index is -3.88. The van der Waals surface area contributed by atoms with Crippen molar-refractivity contribution >= 4 is 32.2 Å². The van der Waals surface area contributed by atoms with Crippen molar-refractivity contribution in [2.24, 2.45) is 0 Å². The predicted molar refractivity (Wildman–Crippen MR) is 110 cm³/mol. The van der Waals surface area contributed by atoms with E-state index in [4.69, 9.17) is 0 Å². The summed E-state index contributed by atoms with van der Waals surface area (Å²) in [6.45, 7) is 6.23. The van der Waals surface area contributed by atoms with E-state index < -0.39 is 27.3 Å². The average Bonchev–Trinajstić information content (AvgIpc) is 3.12. The van der Waals surface area contributed by atoms with Crippen LogP contribution in [0.5, 0.6) is 0 Å². The molecule has 1 heterocycles. The molecule has 0 bridgehead atoms. The summed E-state index contributed by atoms with van der Waals surface area (Å²) < 4.78 is 38.4. The van der Waals surface area contributed by atoms with E-state index in [0.717, 1.165) is 16.9 Å². The highest BCUT2D eigenvalue weighted by atomic mass is 32.2. The van der Waals surface area contributed by atoms with E-state index in [1.165, 1.54) is 18.2 Å². The van der Waals surface area contributed by atoms with Crippen molar-refractivity contribution < 1.29 is 17.6 Å². The Labute approximate surface area is 172 Å². The van der Waals surface area contributed by atoms with Gasteiger partial charge in [-0.05, 0) is 29.2 Å². The number of sulfone groups is 1. The van der Waals surface area contributed by atoms with Gasteiger partial charge in [-0.3, -0.25) is 10.1 Å². The van der Waals surface area contributed by atoms with Crippen LogP contribution in [-0.4, -0.2) is 24.5 Å². The number of aromatic nitrogens is 2. The molecule has 2 aromatic carbocycles. The van der Waals surface area contributed by atoms with Gasteiger partial charge in [-0.1, -0.05) is 62.4 Å². The van der Waals surface area contributed by atoms with E-state index in [-0.39, 0.29) is 20.4 Å². The largest absolute Gasteiger partial charge is 0.296 e. The van der Waals surface area contributed by atoms with Crippen LogP contribution in [0.15, 0.2) is 52.9 Å². The molecule has 0 spiro atoms. The van der Waals surface area contributed by atoms with Crippen molar-refractivity contribution in [3.8, 4) is 0 Å². The lowest BCUT2D eigenvalue weighted by Crippen LogP contribution is -2.14. The number of amides is 1. The van der Waals surface area contributed by atoms with Crippen LogP contribution in [0.1, 0.15) is 42.3 Å². The number of benzene rings is 2. The van der Waals surface area contributed by atoms with Gasteiger partial charge >= 0.3 is 0 Å². The van der Waals surface area contributed by atoms with E-state index in [0.29, 0.717) is 5.56 Å². The predicted octanol–water partition coefficient (Wildman–Crippen LogP) is 4.20. The summed E-state index contributed by atoms with van der Waals surface area (Å²) in [7, 11) is -3.88. The number of rotatable bonds is 5. The fourth-order valence-electron chi connectivity index (χ4n) is 2.56. The topological polar surface area (TPSA) is 89.0 Å². The van der Waals surface area contributed by atoms with E-state index in [9.17, 15) is 17.6 Å². The van der Waals surface area contributed by atoms with Gasteiger partial charge in [0.05, 0.1) is 5.75 Å². The summed E-state index contributed by atoms with van der Waals surface area (Å²) in [6.07, 6.45) is 0. The molecule has 9 heteroatoms. The number of hydrogen-bond acceptors (Lipinski definition) is 6. The standard InChI is InChI=1S/C20H20FN3O3S2/c1-20(2,3)15-10-8-13(9-11-15)17(25)22-18-23-24-19(28-18)29(26,27)12-14-6-4-5-7-16(14)21/h4-11H,12H2,1-3H3,(H,22,23,25). The third-order valence-electron chi connectivity index (χ3n) is 4.21. The monoisotopic (exact) mass is 433 g/mol. The van der Waals surface area contributed by atoms with Gasteiger partial charge in [-0.2, -0.15) is 0 Å². The lowest BCUT2D eigenvalue weighted by Gasteiger charge is -2.18. The van der Waals surface area contributed by atoms with Crippen LogP contribution in [0.25, 0.3) is 0 Å². The second-order valence-electron chi connectivity index (χ2n) is 7.51. The van der Waals surface area contributed by atoms with E-state index in [1.807, 2.05) is 12.1 Å². The fraction of sp³-hybridized carbons (Fsp3) is 0.250. The van der Waals surface area contributed by atoms with Crippen molar-refractivity contribution in [2.75, 3.05) is 5.32 Å². The molecule has 0 aliphatic carbocycles. The number of carbonyl (C=O) groups excluding carboxylic acids is 1. The lowest BCUT2D eigenvalue weighted by molar-refractivity contribution is 0.102. The molecule has 0 aliphatic rings. The first-order chi connectivity index (χ1) is 13.6. The number of anilines is 1. The minimum Gasteiger partial charge on any atom is -0.296 e. The number of nitrogens with zero attached hydrogens (tertiary/aromatic N) is 2. The van der Waals surface area contributed by atoms with Crippen LogP contribution in [0.2, 0.25) is 0 Å². The molecule has 0 saturated heterocycles. The number of carbonyl (C=O) groups is 1. The highest BCUT2D eigenvalue weighted by Crippen LogP contribution is 2.25. The fourth-order valence-corrected chi connectivity index (χ4v) is 4.88. The molecule has 0 unspecified atom stereocenters. The lowest BCUT2D eigenvalue weighted by atomic mass is 9.87. The van der Waals surface area contributed by atoms with Gasteiger partial charge in [0.15, 0.2) is 0 Å². The maximum absolute atomic E-state index is 13.7. The van der Waals surface area contributed by atoms with Gasteiger partial charge in [-0.15, -0.1) is 10.2 Å². The molecule has 3 rings (SSSR count). The maximum Gasteiger partial charge on any atom is 0.257 e. The summed E-state index contributed by atoms with van der Waals surface area (Å²) in [5.41, 5.74) is 1.53. The van der Waals surface area contributed by atoms with E-state index >= 15 is 0 Å². The Morgan fingerprint density at radius 1 is 1.07 bits per heavy atom. The SMILES string of the molecule is CC(C)(C)c1ccc(C(=O)Nc2nnc(S(=O)(=O)Cc3ccccc3F)s2)cc1. The number of hydrogen-bond donors (Lipinski definition) is 1. The Morgan fingerprint density at radius 3 is 2.34 bits per heavy atom. The summed E-state index contributed by atoms with van der Waals surface area (Å²) in [4.78, 5) is 12.4. The number of halogens is 1. The molecule has 1 N–H and O–H groups in total. The molecule has 152 valence electrons. The van der Waals surface area contributed by atoms with Gasteiger partial charge in [0, 0.05) is 11.1 Å². The molecular formula is C20H20FN3O3S2. The van der Waals surface area contributed by atoms with Gasteiger partial charge in [-0.25, -0.2) is 12.8 Å². The van der Waals surface area contributed by atoms with Crippen molar-refractivity contribution in [3.05, 3.63) is 71.0 Å². The second-order valence-corrected chi connectivity index (χ2v) is 10.6. The van der Waals surface area contributed by atoms with Crippen molar-refractivity contribution in [3.63, 3.8) is 0 Å². The summed E-state index contributed by atoms with van der Waals surface area (Å²) in [6, 6.07) is 12.8. The molecule has 6 nitrogen and oxygen atoms in total. The molecule has 0 fully saturated rings. The zero-order valence-corrected chi connectivity index (χ0v) is 17.8. The molecule has 29 heavy (non-hydrogen) atoms. The van der Waals surface area contributed by atoms with Crippen molar-refractivity contribution in [2.45, 2.75) is 36.3 Å². The van der Waals surface area contributed by atoms with Gasteiger partial charge < -0.3 is 0 Å². The summed E-state index contributed by atoms with van der Waals surface area (Å²) in [5, 5.41) is 9.99. The first-order valence-electron chi connectivity index (χ1n) is 8.78. The Balaban J connectivity index is 1.73. The van der Waals surface area contributed by atoms with Gasteiger partial charge in [0.2, 0.25) is 19.3 Å². The highest BCUT2D eigenvalue weighted by molar-refractivity contribution is 7.92. The molecule has 0 aliphatic heterocycles. The van der Waals surface area contributed by atoms with Crippen molar-refractivity contribution in [1.82, 2.24) is 10.2 Å². The highest BCUT2D eigenvalue weighted by Gasteiger charge is 2.23. The van der Waals surface area contributed by atoms with E-state index in [2.05, 4.69) is 36.3 Å². The zero-order valence-electron chi connectivity index (χ0n) is 16.1. The maximum atomic E-state index is 13.7. The first-order valence-corrected chi connectivity index (χ1v) is 11.2. The molecule has 1 amide bonds. The first kappa shape index (κ1) is 21.1. The van der Waals surface area contributed by atoms with Gasteiger partial charge in [0.1, 0.15) is 5.82 Å². The van der Waals surface area contributed by atoms with Gasteiger partial charge in [0.25, 0.3) is 5.91 Å². The van der Waals surface area contributed by atoms with Crippen LogP contribution in [0, 0.1) is 5.82 Å². The van der Waals surface area contributed by atoms with Crippen LogP contribution < -0.4 is 5.32 Å².